The number of piperazine rings is 1. The molecule has 1 fully saturated rings. The zero-order valence-corrected chi connectivity index (χ0v) is 18.4. The van der Waals surface area contributed by atoms with Crippen molar-refractivity contribution in [3.05, 3.63) is 35.4 Å². The number of carbonyl (C=O) groups excluding carboxylic acids is 4. The predicted octanol–water partition coefficient (Wildman–Crippen LogP) is 0.321. The molecule has 10 nitrogen and oxygen atoms in total. The topological polar surface area (TPSA) is 116 Å². The van der Waals surface area contributed by atoms with Crippen LogP contribution in [0.25, 0.3) is 0 Å². The lowest BCUT2D eigenvalue weighted by Crippen LogP contribution is -2.51. The Balaban J connectivity index is 1.30. The Labute approximate surface area is 186 Å². The Morgan fingerprint density at radius 2 is 1.71 bits per heavy atom. The molecule has 2 aromatic rings. The monoisotopic (exact) mass is 460 g/mol. The van der Waals surface area contributed by atoms with E-state index in [9.17, 15) is 19.2 Å². The number of nitrogens with one attached hydrogen (secondary N) is 1. The average Bonchev–Trinajstić information content (AvgIpc) is 3.37. The van der Waals surface area contributed by atoms with Crippen molar-refractivity contribution in [2.45, 2.75) is 4.34 Å². The Hall–Kier alpha value is -2.99. The van der Waals surface area contributed by atoms with Crippen molar-refractivity contribution in [1.82, 2.24) is 25.3 Å². The van der Waals surface area contributed by atoms with Crippen molar-refractivity contribution in [1.29, 1.82) is 0 Å². The van der Waals surface area contributed by atoms with Crippen molar-refractivity contribution in [3.63, 3.8) is 0 Å². The third kappa shape index (κ3) is 4.39. The van der Waals surface area contributed by atoms with Gasteiger partial charge in [-0.25, -0.2) is 0 Å². The Morgan fingerprint density at radius 3 is 2.32 bits per heavy atom. The molecule has 3 heterocycles. The van der Waals surface area contributed by atoms with Crippen LogP contribution in [0.15, 0.2) is 28.6 Å². The third-order valence-corrected chi connectivity index (χ3v) is 7.19. The minimum atomic E-state index is -0.428. The number of imide groups is 1. The molecule has 31 heavy (non-hydrogen) atoms. The van der Waals surface area contributed by atoms with Crippen LogP contribution in [0.1, 0.15) is 20.7 Å². The molecule has 4 rings (SSSR count). The molecular weight excluding hydrogens is 440 g/mol. The van der Waals surface area contributed by atoms with Gasteiger partial charge in [-0.1, -0.05) is 35.2 Å². The van der Waals surface area contributed by atoms with Gasteiger partial charge in [-0.15, -0.1) is 10.2 Å². The summed E-state index contributed by atoms with van der Waals surface area (Å²) >= 11 is 2.74. The van der Waals surface area contributed by atoms with Gasteiger partial charge in [-0.3, -0.25) is 24.1 Å². The van der Waals surface area contributed by atoms with Crippen LogP contribution >= 0.6 is 23.1 Å². The Kier molecular flexibility index (Phi) is 6.18. The number of benzene rings is 1. The number of anilines is 1. The standard InChI is InChI=1S/C19H20N6O4S2/c1-20-14(26)11-30-19-22-21-18(31-19)24-8-6-23(7-9-24)15(27)10-25-16(28)12-4-2-3-5-13(12)17(25)29/h2-5H,6-11H2,1H3,(H,20,26). The second-order valence-corrected chi connectivity index (χ2v) is 9.10. The summed E-state index contributed by atoms with van der Waals surface area (Å²) in [6.07, 6.45) is 0. The summed E-state index contributed by atoms with van der Waals surface area (Å²) in [5, 5.41) is 11.6. The van der Waals surface area contributed by atoms with Crippen LogP contribution < -0.4 is 10.2 Å². The summed E-state index contributed by atoms with van der Waals surface area (Å²) < 4.78 is 0.711. The number of rotatable bonds is 6. The molecule has 0 unspecified atom stereocenters. The Bertz CT molecular complexity index is 999. The first kappa shape index (κ1) is 21.2. The number of hydrogen-bond donors (Lipinski definition) is 1. The zero-order valence-electron chi connectivity index (χ0n) is 16.7. The van der Waals surface area contributed by atoms with E-state index < -0.39 is 11.8 Å². The van der Waals surface area contributed by atoms with Crippen molar-refractivity contribution in [3.8, 4) is 0 Å². The normalized spacial score (nSPS) is 16.0. The summed E-state index contributed by atoms with van der Waals surface area (Å²) in [4.78, 5) is 53.7. The van der Waals surface area contributed by atoms with E-state index in [4.69, 9.17) is 0 Å². The zero-order chi connectivity index (χ0) is 22.0. The lowest BCUT2D eigenvalue weighted by molar-refractivity contribution is -0.131. The van der Waals surface area contributed by atoms with Crippen molar-refractivity contribution < 1.29 is 19.2 Å². The quantitative estimate of drug-likeness (QED) is 0.484. The van der Waals surface area contributed by atoms with E-state index in [0.717, 1.165) is 10.0 Å². The molecule has 0 saturated carbocycles. The van der Waals surface area contributed by atoms with E-state index >= 15 is 0 Å². The van der Waals surface area contributed by atoms with Crippen LogP contribution in [-0.2, 0) is 9.59 Å². The lowest BCUT2D eigenvalue weighted by Gasteiger charge is -2.34. The van der Waals surface area contributed by atoms with Gasteiger partial charge in [0, 0.05) is 33.2 Å². The predicted molar refractivity (Wildman–Crippen MR) is 115 cm³/mol. The van der Waals surface area contributed by atoms with Gasteiger partial charge in [-0.2, -0.15) is 0 Å². The molecule has 0 spiro atoms. The largest absolute Gasteiger partial charge is 0.358 e. The van der Waals surface area contributed by atoms with Crippen molar-refractivity contribution in [2.75, 3.05) is 50.4 Å². The number of amides is 4. The second-order valence-electron chi connectivity index (χ2n) is 6.92. The van der Waals surface area contributed by atoms with Gasteiger partial charge in [0.15, 0.2) is 4.34 Å². The van der Waals surface area contributed by atoms with Gasteiger partial charge in [0.1, 0.15) is 6.54 Å². The minimum Gasteiger partial charge on any atom is -0.358 e. The fourth-order valence-corrected chi connectivity index (χ4v) is 5.12. The van der Waals surface area contributed by atoms with Crippen LogP contribution in [0.2, 0.25) is 0 Å². The van der Waals surface area contributed by atoms with Gasteiger partial charge in [0.05, 0.1) is 16.9 Å². The van der Waals surface area contributed by atoms with E-state index in [1.807, 2.05) is 4.90 Å². The number of carbonyl (C=O) groups is 4. The van der Waals surface area contributed by atoms with E-state index in [2.05, 4.69) is 15.5 Å². The van der Waals surface area contributed by atoms with Gasteiger partial charge < -0.3 is 15.1 Å². The summed E-state index contributed by atoms with van der Waals surface area (Å²) in [5.41, 5.74) is 0.679. The first-order valence-electron chi connectivity index (χ1n) is 9.62. The maximum absolute atomic E-state index is 12.7. The second kappa shape index (κ2) is 9.02. The fraction of sp³-hybridized carbons (Fsp3) is 0.368. The molecule has 1 aromatic carbocycles. The molecule has 162 valence electrons. The SMILES string of the molecule is CNC(=O)CSc1nnc(N2CCN(C(=O)CN3C(=O)c4ccccc4C3=O)CC2)s1. The maximum atomic E-state index is 12.7. The Morgan fingerprint density at radius 1 is 1.06 bits per heavy atom. The number of hydrogen-bond acceptors (Lipinski definition) is 9. The first-order chi connectivity index (χ1) is 15.0. The highest BCUT2D eigenvalue weighted by Crippen LogP contribution is 2.28. The summed E-state index contributed by atoms with van der Waals surface area (Å²) in [5.74, 6) is -0.905. The number of thioether (sulfide) groups is 1. The average molecular weight is 461 g/mol. The molecule has 2 aliphatic heterocycles. The first-order valence-corrected chi connectivity index (χ1v) is 11.4. The van der Waals surface area contributed by atoms with Crippen LogP contribution in [0.5, 0.6) is 0 Å². The van der Waals surface area contributed by atoms with Gasteiger partial charge >= 0.3 is 0 Å². The van der Waals surface area contributed by atoms with E-state index in [0.29, 0.717) is 41.6 Å². The van der Waals surface area contributed by atoms with E-state index in [-0.39, 0.29) is 24.1 Å². The molecule has 12 heteroatoms. The van der Waals surface area contributed by atoms with Gasteiger partial charge in [0.25, 0.3) is 11.8 Å². The van der Waals surface area contributed by atoms with Crippen LogP contribution in [0.4, 0.5) is 5.13 Å². The van der Waals surface area contributed by atoms with Crippen LogP contribution in [-0.4, -0.2) is 89.2 Å². The molecule has 0 radical (unpaired) electrons. The lowest BCUT2D eigenvalue weighted by atomic mass is 10.1. The molecule has 1 saturated heterocycles. The summed E-state index contributed by atoms with van der Waals surface area (Å²) in [7, 11) is 1.59. The fourth-order valence-electron chi connectivity index (χ4n) is 3.35. The van der Waals surface area contributed by atoms with Crippen LogP contribution in [0, 0.1) is 0 Å². The highest BCUT2D eigenvalue weighted by molar-refractivity contribution is 8.01. The molecule has 0 aliphatic carbocycles. The molecular formula is C19H20N6O4S2. The highest BCUT2D eigenvalue weighted by Gasteiger charge is 2.37. The highest BCUT2D eigenvalue weighted by atomic mass is 32.2. The third-order valence-electron chi connectivity index (χ3n) is 5.08. The maximum Gasteiger partial charge on any atom is 0.262 e. The van der Waals surface area contributed by atoms with Gasteiger partial charge in [-0.05, 0) is 12.1 Å². The molecule has 4 amide bonds. The molecule has 1 aromatic heterocycles. The molecule has 1 N–H and O–H groups in total. The molecule has 2 aliphatic rings. The number of aromatic nitrogens is 2. The molecule has 0 atom stereocenters. The van der Waals surface area contributed by atoms with Crippen molar-refractivity contribution >= 4 is 51.9 Å². The smallest absolute Gasteiger partial charge is 0.262 e. The van der Waals surface area contributed by atoms with Gasteiger partial charge in [0.2, 0.25) is 16.9 Å². The van der Waals surface area contributed by atoms with E-state index in [1.165, 1.54) is 23.1 Å². The molecule has 0 bridgehead atoms. The summed E-state index contributed by atoms with van der Waals surface area (Å²) in [6, 6.07) is 6.60. The number of fused-ring (bicyclic) bond motifs is 1. The number of nitrogens with zero attached hydrogens (tertiary/aromatic N) is 5. The van der Waals surface area contributed by atoms with Crippen molar-refractivity contribution in [2.24, 2.45) is 0 Å². The summed E-state index contributed by atoms with van der Waals surface area (Å²) in [6.45, 7) is 1.81. The minimum absolute atomic E-state index is 0.0769. The van der Waals surface area contributed by atoms with E-state index in [1.54, 1.807) is 36.2 Å². The van der Waals surface area contributed by atoms with Crippen LogP contribution in [0.3, 0.4) is 0 Å².